The van der Waals surface area contributed by atoms with Crippen LogP contribution in [0.2, 0.25) is 0 Å². The Morgan fingerprint density at radius 2 is 2.08 bits per heavy atom. The first-order valence-corrected chi connectivity index (χ1v) is 8.73. The number of nitrogens with zero attached hydrogens (tertiary/aromatic N) is 5. The minimum atomic E-state index is -0.505. The van der Waals surface area contributed by atoms with E-state index in [-0.39, 0.29) is 11.7 Å². The monoisotopic (exact) mass is 347 g/mol. The van der Waals surface area contributed by atoms with Gasteiger partial charge in [0.25, 0.3) is 0 Å². The van der Waals surface area contributed by atoms with Crippen LogP contribution in [-0.2, 0) is 6.42 Å². The molecule has 0 saturated carbocycles. The smallest absolute Gasteiger partial charge is 0.227 e. The largest absolute Gasteiger partial charge is 0.391 e. The molecule has 2 aliphatic rings. The molecule has 2 aliphatic heterocycles. The highest BCUT2D eigenvalue weighted by molar-refractivity contribution is 5.46. The van der Waals surface area contributed by atoms with Crippen LogP contribution < -0.4 is 9.80 Å². The number of aryl methyl sites for hydroxylation is 1. The van der Waals surface area contributed by atoms with E-state index in [1.165, 1.54) is 6.20 Å². The molecule has 0 bridgehead atoms. The van der Waals surface area contributed by atoms with Crippen molar-refractivity contribution in [3.8, 4) is 0 Å². The average molecular weight is 347 g/mol. The van der Waals surface area contributed by atoms with E-state index < -0.39 is 6.10 Å². The van der Waals surface area contributed by atoms with E-state index in [0.29, 0.717) is 31.3 Å². The van der Waals surface area contributed by atoms with Crippen LogP contribution in [0.5, 0.6) is 0 Å². The SMILES string of the molecule is Cc1cc(C[C@@H]2CN(c3ncc(F)c(N4CCCC4)n3)C[C@@H]2O)on1. The van der Waals surface area contributed by atoms with E-state index in [0.717, 1.165) is 37.4 Å². The quantitative estimate of drug-likeness (QED) is 0.899. The van der Waals surface area contributed by atoms with Crippen LogP contribution in [-0.4, -0.2) is 52.5 Å². The van der Waals surface area contributed by atoms with Crippen molar-refractivity contribution in [3.63, 3.8) is 0 Å². The molecule has 2 atom stereocenters. The molecule has 0 unspecified atom stereocenters. The van der Waals surface area contributed by atoms with Crippen molar-refractivity contribution in [2.75, 3.05) is 36.0 Å². The van der Waals surface area contributed by atoms with Crippen molar-refractivity contribution in [1.29, 1.82) is 0 Å². The van der Waals surface area contributed by atoms with Crippen molar-refractivity contribution < 1.29 is 14.0 Å². The van der Waals surface area contributed by atoms with Gasteiger partial charge in [-0.05, 0) is 19.8 Å². The normalized spacial score (nSPS) is 23.6. The lowest BCUT2D eigenvalue weighted by atomic mass is 10.0. The summed E-state index contributed by atoms with van der Waals surface area (Å²) in [6.07, 6.45) is 3.45. The van der Waals surface area contributed by atoms with E-state index in [1.807, 2.05) is 22.8 Å². The number of hydrogen-bond donors (Lipinski definition) is 1. The standard InChI is InChI=1S/C17H22FN5O2/c1-11-6-13(25-21-11)7-12-9-23(10-15(12)24)17-19-8-14(18)16(20-17)22-4-2-3-5-22/h6,8,12,15,24H,2-5,7,9-10H2,1H3/t12-,15+/m1/s1. The number of β-amino-alcohol motifs (C(OH)–C–C–N with tert-alkyl or cyclic N) is 1. The lowest BCUT2D eigenvalue weighted by Gasteiger charge is -2.21. The number of rotatable bonds is 4. The molecule has 0 spiro atoms. The third kappa shape index (κ3) is 3.30. The van der Waals surface area contributed by atoms with Gasteiger partial charge < -0.3 is 19.4 Å². The Bertz CT molecular complexity index is 746. The number of aliphatic hydroxyl groups excluding tert-OH is 1. The first kappa shape index (κ1) is 16.3. The molecule has 8 heteroatoms. The Hall–Kier alpha value is -2.22. The second kappa shape index (κ2) is 6.59. The Labute approximate surface area is 145 Å². The van der Waals surface area contributed by atoms with Gasteiger partial charge in [0.1, 0.15) is 5.76 Å². The maximum Gasteiger partial charge on any atom is 0.227 e. The van der Waals surface area contributed by atoms with Crippen LogP contribution in [0, 0.1) is 18.7 Å². The summed E-state index contributed by atoms with van der Waals surface area (Å²) < 4.78 is 19.3. The summed E-state index contributed by atoms with van der Waals surface area (Å²) in [5.74, 6) is 1.22. The van der Waals surface area contributed by atoms with Crippen molar-refractivity contribution >= 4 is 11.8 Å². The van der Waals surface area contributed by atoms with Crippen LogP contribution in [0.1, 0.15) is 24.3 Å². The molecule has 2 saturated heterocycles. The Morgan fingerprint density at radius 1 is 1.28 bits per heavy atom. The molecule has 4 rings (SSSR count). The second-order valence-electron chi connectivity index (χ2n) is 6.91. The molecule has 7 nitrogen and oxygen atoms in total. The van der Waals surface area contributed by atoms with E-state index in [1.54, 1.807) is 0 Å². The van der Waals surface area contributed by atoms with Gasteiger partial charge in [0.2, 0.25) is 5.95 Å². The molecule has 2 aromatic rings. The second-order valence-corrected chi connectivity index (χ2v) is 6.91. The summed E-state index contributed by atoms with van der Waals surface area (Å²) in [7, 11) is 0. The molecule has 0 radical (unpaired) electrons. The summed E-state index contributed by atoms with van der Waals surface area (Å²) in [4.78, 5) is 12.4. The first-order chi connectivity index (χ1) is 12.1. The third-order valence-electron chi connectivity index (χ3n) is 4.95. The van der Waals surface area contributed by atoms with Gasteiger partial charge in [-0.15, -0.1) is 0 Å². The van der Waals surface area contributed by atoms with Gasteiger partial charge in [-0.3, -0.25) is 0 Å². The van der Waals surface area contributed by atoms with Crippen molar-refractivity contribution in [2.24, 2.45) is 5.92 Å². The molecule has 25 heavy (non-hydrogen) atoms. The Morgan fingerprint density at radius 3 is 2.80 bits per heavy atom. The zero-order chi connectivity index (χ0) is 17.4. The number of aromatic nitrogens is 3. The van der Waals surface area contributed by atoms with Gasteiger partial charge in [-0.25, -0.2) is 9.37 Å². The molecule has 0 aromatic carbocycles. The fourth-order valence-corrected chi connectivity index (χ4v) is 3.64. The lowest BCUT2D eigenvalue weighted by Crippen LogP contribution is -2.26. The molecule has 0 aliphatic carbocycles. The molecular weight excluding hydrogens is 325 g/mol. The molecule has 134 valence electrons. The van der Waals surface area contributed by atoms with Gasteiger partial charge in [0, 0.05) is 44.6 Å². The topological polar surface area (TPSA) is 78.5 Å². The predicted octanol–water partition coefficient (Wildman–Crippen LogP) is 1.55. The van der Waals surface area contributed by atoms with Crippen LogP contribution >= 0.6 is 0 Å². The lowest BCUT2D eigenvalue weighted by molar-refractivity contribution is 0.143. The fraction of sp³-hybridized carbons (Fsp3) is 0.588. The minimum absolute atomic E-state index is 0.0104. The van der Waals surface area contributed by atoms with Gasteiger partial charge in [0.05, 0.1) is 18.0 Å². The summed E-state index contributed by atoms with van der Waals surface area (Å²) in [6.45, 7) is 4.55. The zero-order valence-electron chi connectivity index (χ0n) is 14.2. The molecule has 1 N–H and O–H groups in total. The van der Waals surface area contributed by atoms with Crippen LogP contribution in [0.25, 0.3) is 0 Å². The Balaban J connectivity index is 1.49. The highest BCUT2D eigenvalue weighted by atomic mass is 19.1. The zero-order valence-corrected chi connectivity index (χ0v) is 14.2. The highest BCUT2D eigenvalue weighted by Crippen LogP contribution is 2.28. The van der Waals surface area contributed by atoms with Crippen molar-refractivity contribution in [3.05, 3.63) is 29.5 Å². The number of anilines is 2. The van der Waals surface area contributed by atoms with Gasteiger partial charge in [-0.2, -0.15) is 4.98 Å². The van der Waals surface area contributed by atoms with E-state index in [9.17, 15) is 9.50 Å². The first-order valence-electron chi connectivity index (χ1n) is 8.73. The maximum absolute atomic E-state index is 14.1. The fourth-order valence-electron chi connectivity index (χ4n) is 3.64. The predicted molar refractivity (Wildman–Crippen MR) is 90.1 cm³/mol. The molecular formula is C17H22FN5O2. The van der Waals surface area contributed by atoms with E-state index in [2.05, 4.69) is 15.1 Å². The van der Waals surface area contributed by atoms with Gasteiger partial charge in [0.15, 0.2) is 11.6 Å². The molecule has 2 aromatic heterocycles. The summed E-state index contributed by atoms with van der Waals surface area (Å²) in [6, 6.07) is 1.88. The van der Waals surface area contributed by atoms with Gasteiger partial charge >= 0.3 is 0 Å². The van der Waals surface area contributed by atoms with Gasteiger partial charge in [-0.1, -0.05) is 5.16 Å². The average Bonchev–Trinajstić information content (AvgIpc) is 3.31. The summed E-state index contributed by atoms with van der Waals surface area (Å²) in [5.41, 5.74) is 0.830. The van der Waals surface area contributed by atoms with Crippen LogP contribution in [0.3, 0.4) is 0 Å². The Kier molecular flexibility index (Phi) is 4.29. The number of aliphatic hydroxyl groups is 1. The third-order valence-corrected chi connectivity index (χ3v) is 4.95. The van der Waals surface area contributed by atoms with Crippen molar-refractivity contribution in [1.82, 2.24) is 15.1 Å². The van der Waals surface area contributed by atoms with Crippen LogP contribution in [0.15, 0.2) is 16.8 Å². The summed E-state index contributed by atoms with van der Waals surface area (Å²) >= 11 is 0. The van der Waals surface area contributed by atoms with Crippen LogP contribution in [0.4, 0.5) is 16.2 Å². The van der Waals surface area contributed by atoms with Crippen molar-refractivity contribution in [2.45, 2.75) is 32.3 Å². The van der Waals surface area contributed by atoms with E-state index in [4.69, 9.17) is 4.52 Å². The molecule has 4 heterocycles. The maximum atomic E-state index is 14.1. The van der Waals surface area contributed by atoms with E-state index >= 15 is 0 Å². The minimum Gasteiger partial charge on any atom is -0.391 e. The molecule has 0 amide bonds. The number of hydrogen-bond acceptors (Lipinski definition) is 7. The summed E-state index contributed by atoms with van der Waals surface area (Å²) in [5, 5.41) is 14.3. The number of halogens is 1. The molecule has 2 fully saturated rings. The highest BCUT2D eigenvalue weighted by Gasteiger charge is 2.34.